The molecule has 0 amide bonds. The van der Waals surface area contributed by atoms with Crippen LogP contribution in [-0.4, -0.2) is 80.2 Å². The smallest absolute Gasteiger partial charge is 0.279 e. The monoisotopic (exact) mass is 397 g/mol. The SMILES string of the molecule is O=S(=O)(NCc1nc(N2CCCC2)nc(N2CCOCC2)n1)N1CCCC1. The molecule has 0 radical (unpaired) electrons. The van der Waals surface area contributed by atoms with Gasteiger partial charge in [0.25, 0.3) is 10.2 Å². The van der Waals surface area contributed by atoms with Gasteiger partial charge in [0, 0.05) is 39.3 Å². The minimum atomic E-state index is -3.49. The molecule has 10 nitrogen and oxygen atoms in total. The van der Waals surface area contributed by atoms with Crippen LogP contribution in [0.4, 0.5) is 11.9 Å². The molecule has 1 aromatic heterocycles. The molecular formula is C16H27N7O3S. The highest BCUT2D eigenvalue weighted by Gasteiger charge is 2.26. The molecular weight excluding hydrogens is 370 g/mol. The zero-order valence-corrected chi connectivity index (χ0v) is 16.3. The summed E-state index contributed by atoms with van der Waals surface area (Å²) in [4.78, 5) is 17.9. The molecule has 0 saturated carbocycles. The summed E-state index contributed by atoms with van der Waals surface area (Å²) in [6.07, 6.45) is 4.06. The Morgan fingerprint density at radius 3 is 2.00 bits per heavy atom. The van der Waals surface area contributed by atoms with Gasteiger partial charge in [0.1, 0.15) is 0 Å². The number of nitrogens with one attached hydrogen (secondary N) is 1. The number of nitrogens with zero attached hydrogens (tertiary/aromatic N) is 6. The zero-order chi connectivity index (χ0) is 18.7. The summed E-state index contributed by atoms with van der Waals surface area (Å²) in [6.45, 7) is 5.79. The first-order chi connectivity index (χ1) is 13.1. The first-order valence-electron chi connectivity index (χ1n) is 9.69. The predicted octanol–water partition coefficient (Wildman–Crippen LogP) is -0.261. The van der Waals surface area contributed by atoms with Gasteiger partial charge in [-0.2, -0.15) is 32.4 Å². The van der Waals surface area contributed by atoms with Crippen LogP contribution in [0.3, 0.4) is 0 Å². The summed E-state index contributed by atoms with van der Waals surface area (Å²) in [5, 5.41) is 0. The average molecular weight is 398 g/mol. The lowest BCUT2D eigenvalue weighted by Gasteiger charge is -2.28. The van der Waals surface area contributed by atoms with Crippen molar-refractivity contribution in [3.63, 3.8) is 0 Å². The molecule has 1 N–H and O–H groups in total. The van der Waals surface area contributed by atoms with E-state index in [2.05, 4.69) is 29.5 Å². The molecule has 3 fully saturated rings. The van der Waals surface area contributed by atoms with Crippen LogP contribution in [0.1, 0.15) is 31.5 Å². The van der Waals surface area contributed by atoms with Crippen LogP contribution in [0.15, 0.2) is 0 Å². The lowest BCUT2D eigenvalue weighted by Crippen LogP contribution is -2.40. The molecule has 0 aliphatic carbocycles. The molecule has 4 heterocycles. The highest BCUT2D eigenvalue weighted by atomic mass is 32.2. The van der Waals surface area contributed by atoms with Crippen molar-refractivity contribution in [3.8, 4) is 0 Å². The van der Waals surface area contributed by atoms with Gasteiger partial charge in [-0.15, -0.1) is 0 Å². The fourth-order valence-corrected chi connectivity index (χ4v) is 4.85. The molecule has 0 unspecified atom stereocenters. The number of anilines is 2. The van der Waals surface area contributed by atoms with E-state index in [1.54, 1.807) is 0 Å². The van der Waals surface area contributed by atoms with E-state index < -0.39 is 10.2 Å². The molecule has 0 atom stereocenters. The van der Waals surface area contributed by atoms with E-state index in [0.29, 0.717) is 44.0 Å². The van der Waals surface area contributed by atoms with E-state index in [9.17, 15) is 8.42 Å². The zero-order valence-electron chi connectivity index (χ0n) is 15.5. The van der Waals surface area contributed by atoms with Gasteiger partial charge >= 0.3 is 0 Å². The molecule has 0 spiro atoms. The number of aromatic nitrogens is 3. The number of ether oxygens (including phenoxy) is 1. The fourth-order valence-electron chi connectivity index (χ4n) is 3.61. The Labute approximate surface area is 160 Å². The van der Waals surface area contributed by atoms with Crippen LogP contribution in [0.2, 0.25) is 0 Å². The van der Waals surface area contributed by atoms with Crippen LogP contribution in [-0.2, 0) is 21.5 Å². The molecule has 4 rings (SSSR count). The minimum Gasteiger partial charge on any atom is -0.378 e. The molecule has 0 aromatic carbocycles. The van der Waals surface area contributed by atoms with Crippen LogP contribution in [0, 0.1) is 0 Å². The maximum Gasteiger partial charge on any atom is 0.279 e. The van der Waals surface area contributed by atoms with Crippen molar-refractivity contribution in [2.45, 2.75) is 32.2 Å². The van der Waals surface area contributed by atoms with Crippen LogP contribution in [0.5, 0.6) is 0 Å². The molecule has 3 aliphatic rings. The standard InChI is InChI=1S/C16H27N7O3S/c24-27(25,23-7-3-4-8-23)17-13-14-18-15(21-5-1-2-6-21)20-16(19-14)22-9-11-26-12-10-22/h17H,1-13H2. The summed E-state index contributed by atoms with van der Waals surface area (Å²) in [5.74, 6) is 1.70. The maximum atomic E-state index is 12.4. The van der Waals surface area contributed by atoms with Crippen molar-refractivity contribution in [2.75, 3.05) is 62.3 Å². The summed E-state index contributed by atoms with van der Waals surface area (Å²) >= 11 is 0. The lowest BCUT2D eigenvalue weighted by atomic mass is 10.4. The summed E-state index contributed by atoms with van der Waals surface area (Å²) in [5.41, 5.74) is 0. The molecule has 3 saturated heterocycles. The lowest BCUT2D eigenvalue weighted by molar-refractivity contribution is 0.122. The van der Waals surface area contributed by atoms with Gasteiger partial charge in [-0.25, -0.2) is 0 Å². The second-order valence-electron chi connectivity index (χ2n) is 7.08. The summed E-state index contributed by atoms with van der Waals surface area (Å²) in [6, 6.07) is 0. The highest BCUT2D eigenvalue weighted by molar-refractivity contribution is 7.87. The second-order valence-corrected chi connectivity index (χ2v) is 8.83. The third-order valence-electron chi connectivity index (χ3n) is 5.16. The van der Waals surface area contributed by atoms with E-state index in [4.69, 9.17) is 4.74 Å². The van der Waals surface area contributed by atoms with Gasteiger partial charge in [0.2, 0.25) is 11.9 Å². The van der Waals surface area contributed by atoms with Crippen molar-refractivity contribution < 1.29 is 13.2 Å². The van der Waals surface area contributed by atoms with Crippen LogP contribution >= 0.6 is 0 Å². The van der Waals surface area contributed by atoms with Crippen LogP contribution in [0.25, 0.3) is 0 Å². The minimum absolute atomic E-state index is 0.0690. The fraction of sp³-hybridized carbons (Fsp3) is 0.812. The van der Waals surface area contributed by atoms with E-state index in [1.165, 1.54) is 4.31 Å². The number of hydrogen-bond acceptors (Lipinski definition) is 8. The predicted molar refractivity (Wildman–Crippen MR) is 101 cm³/mol. The second kappa shape index (κ2) is 8.21. The van der Waals surface area contributed by atoms with Gasteiger partial charge in [-0.3, -0.25) is 0 Å². The van der Waals surface area contributed by atoms with E-state index >= 15 is 0 Å². The van der Waals surface area contributed by atoms with Crippen molar-refractivity contribution in [3.05, 3.63) is 5.82 Å². The maximum absolute atomic E-state index is 12.4. The molecule has 1 aromatic rings. The van der Waals surface area contributed by atoms with Gasteiger partial charge in [0.15, 0.2) is 5.82 Å². The normalized spacial score (nSPS) is 21.9. The molecule has 150 valence electrons. The third-order valence-corrected chi connectivity index (χ3v) is 6.71. The van der Waals surface area contributed by atoms with E-state index in [0.717, 1.165) is 51.9 Å². The number of rotatable bonds is 6. The van der Waals surface area contributed by atoms with E-state index in [-0.39, 0.29) is 6.54 Å². The molecule has 27 heavy (non-hydrogen) atoms. The number of hydrogen-bond donors (Lipinski definition) is 1. The first kappa shape index (κ1) is 18.8. The average Bonchev–Trinajstić information content (AvgIpc) is 3.41. The Balaban J connectivity index is 1.53. The van der Waals surface area contributed by atoms with Gasteiger partial charge in [-0.1, -0.05) is 0 Å². The van der Waals surface area contributed by atoms with Gasteiger partial charge in [0.05, 0.1) is 19.8 Å². The number of morpholine rings is 1. The Kier molecular flexibility index (Phi) is 5.71. The van der Waals surface area contributed by atoms with Crippen molar-refractivity contribution in [1.82, 2.24) is 24.0 Å². The Bertz CT molecular complexity index is 742. The Morgan fingerprint density at radius 1 is 0.815 bits per heavy atom. The van der Waals surface area contributed by atoms with E-state index in [1.807, 2.05) is 0 Å². The Morgan fingerprint density at radius 2 is 1.37 bits per heavy atom. The van der Waals surface area contributed by atoms with Crippen molar-refractivity contribution in [2.24, 2.45) is 0 Å². The first-order valence-corrected chi connectivity index (χ1v) is 11.1. The van der Waals surface area contributed by atoms with Crippen LogP contribution < -0.4 is 14.5 Å². The Hall–Kier alpha value is -1.56. The van der Waals surface area contributed by atoms with Crippen molar-refractivity contribution >= 4 is 22.1 Å². The molecule has 11 heteroatoms. The largest absolute Gasteiger partial charge is 0.378 e. The summed E-state index contributed by atoms with van der Waals surface area (Å²) in [7, 11) is -3.49. The third kappa shape index (κ3) is 4.48. The summed E-state index contributed by atoms with van der Waals surface area (Å²) < 4.78 is 34.4. The molecule has 3 aliphatic heterocycles. The van der Waals surface area contributed by atoms with Gasteiger partial charge < -0.3 is 14.5 Å². The molecule has 0 bridgehead atoms. The quantitative estimate of drug-likeness (QED) is 0.700. The van der Waals surface area contributed by atoms with Gasteiger partial charge in [-0.05, 0) is 25.7 Å². The highest BCUT2D eigenvalue weighted by Crippen LogP contribution is 2.20. The topological polar surface area (TPSA) is 104 Å². The van der Waals surface area contributed by atoms with Crippen molar-refractivity contribution in [1.29, 1.82) is 0 Å².